The van der Waals surface area contributed by atoms with Gasteiger partial charge in [0.1, 0.15) is 5.54 Å². The topological polar surface area (TPSA) is 117 Å². The van der Waals surface area contributed by atoms with Gasteiger partial charge in [-0.1, -0.05) is 69.4 Å². The van der Waals surface area contributed by atoms with Crippen LogP contribution < -0.4 is 16.0 Å². The van der Waals surface area contributed by atoms with Gasteiger partial charge in [0.2, 0.25) is 11.7 Å². The van der Waals surface area contributed by atoms with Crippen LogP contribution in [0.3, 0.4) is 0 Å². The third kappa shape index (κ3) is 7.29. The summed E-state index contributed by atoms with van der Waals surface area (Å²) < 4.78 is 5.33. The molecule has 3 rings (SSSR count). The maximum Gasteiger partial charge on any atom is 0.318 e. The zero-order chi connectivity index (χ0) is 26.0. The van der Waals surface area contributed by atoms with Gasteiger partial charge in [-0.15, -0.1) is 0 Å². The number of amides is 4. The van der Waals surface area contributed by atoms with Gasteiger partial charge in [0.25, 0.3) is 5.91 Å². The molecule has 9 nitrogen and oxygen atoms in total. The van der Waals surface area contributed by atoms with Gasteiger partial charge in [-0.25, -0.2) is 4.79 Å². The number of ketones is 1. The number of carbonyl (C=O) groups is 4. The highest BCUT2D eigenvalue weighted by Crippen LogP contribution is 2.29. The zero-order valence-electron chi connectivity index (χ0n) is 21.5. The van der Waals surface area contributed by atoms with Crippen LogP contribution in [0.2, 0.25) is 0 Å². The highest BCUT2D eigenvalue weighted by atomic mass is 16.5. The molecule has 0 bridgehead atoms. The third-order valence-electron chi connectivity index (χ3n) is 7.13. The molecule has 1 saturated carbocycles. The van der Waals surface area contributed by atoms with E-state index in [9.17, 15) is 19.2 Å². The summed E-state index contributed by atoms with van der Waals surface area (Å²) in [6.07, 6.45) is 5.47. The van der Waals surface area contributed by atoms with Crippen LogP contribution in [0.15, 0.2) is 30.3 Å². The van der Waals surface area contributed by atoms with E-state index in [1.807, 2.05) is 44.2 Å². The van der Waals surface area contributed by atoms with Crippen LogP contribution in [0.5, 0.6) is 0 Å². The molecule has 9 heteroatoms. The fraction of sp³-hybridized carbons (Fsp3) is 0.630. The van der Waals surface area contributed by atoms with Crippen molar-refractivity contribution in [2.24, 2.45) is 0 Å². The first-order chi connectivity index (χ1) is 17.4. The lowest BCUT2D eigenvalue weighted by Crippen LogP contribution is -2.64. The van der Waals surface area contributed by atoms with Gasteiger partial charge < -0.3 is 25.6 Å². The number of unbranched alkanes of at least 4 members (excludes halogenated alkanes) is 1. The predicted molar refractivity (Wildman–Crippen MR) is 136 cm³/mol. The monoisotopic (exact) mass is 500 g/mol. The molecule has 2 aliphatic rings. The molecule has 2 atom stereocenters. The fourth-order valence-corrected chi connectivity index (χ4v) is 4.84. The molecule has 1 saturated heterocycles. The summed E-state index contributed by atoms with van der Waals surface area (Å²) in [7, 11) is 0. The molecule has 0 unspecified atom stereocenters. The van der Waals surface area contributed by atoms with Gasteiger partial charge in [0, 0.05) is 13.1 Å². The highest BCUT2D eigenvalue weighted by molar-refractivity contribution is 6.38. The van der Waals surface area contributed by atoms with E-state index in [0.29, 0.717) is 52.0 Å². The lowest BCUT2D eigenvalue weighted by Gasteiger charge is -2.39. The van der Waals surface area contributed by atoms with Crippen molar-refractivity contribution >= 4 is 23.6 Å². The summed E-state index contributed by atoms with van der Waals surface area (Å²) in [6.45, 7) is 5.69. The second-order valence-electron chi connectivity index (χ2n) is 9.81. The van der Waals surface area contributed by atoms with Gasteiger partial charge in [-0.3, -0.25) is 14.4 Å². The van der Waals surface area contributed by atoms with E-state index < -0.39 is 23.3 Å². The first-order valence-electron chi connectivity index (χ1n) is 13.2. The van der Waals surface area contributed by atoms with Crippen LogP contribution in [0.1, 0.15) is 76.8 Å². The van der Waals surface area contributed by atoms with Crippen LogP contribution in [-0.2, 0) is 19.1 Å². The van der Waals surface area contributed by atoms with E-state index in [2.05, 4.69) is 16.0 Å². The number of morpholine rings is 1. The van der Waals surface area contributed by atoms with E-state index in [1.165, 1.54) is 0 Å². The number of carbonyl (C=O) groups excluding carboxylic acids is 4. The molecule has 4 amide bonds. The molecule has 198 valence electrons. The minimum Gasteiger partial charge on any atom is -0.378 e. The molecule has 1 aliphatic carbocycles. The summed E-state index contributed by atoms with van der Waals surface area (Å²) in [5, 5.41) is 8.61. The minimum atomic E-state index is -1.09. The Labute approximate surface area is 213 Å². The molecule has 1 aromatic carbocycles. The average Bonchev–Trinajstić information content (AvgIpc) is 2.91. The second kappa shape index (κ2) is 13.4. The molecule has 2 fully saturated rings. The van der Waals surface area contributed by atoms with Crippen molar-refractivity contribution in [3.8, 4) is 0 Å². The molecular formula is C27H40N4O5. The van der Waals surface area contributed by atoms with Gasteiger partial charge in [0.15, 0.2) is 0 Å². The van der Waals surface area contributed by atoms with Crippen LogP contribution in [0.25, 0.3) is 0 Å². The highest BCUT2D eigenvalue weighted by Gasteiger charge is 2.43. The summed E-state index contributed by atoms with van der Waals surface area (Å²) >= 11 is 0. The standard InChI is InChI=1S/C27H40N4O5/c1-3-4-13-22(23(32)24(33)28-20(2)21-11-7-5-8-12-21)29-25(34)27(14-9-6-10-15-27)30-26(35)31-16-18-36-19-17-31/h5,7-8,11-12,20,22H,3-4,6,9-10,13-19H2,1-2H3,(H,28,33)(H,29,34)(H,30,35)/t20-,22+/m1/s1. The summed E-state index contributed by atoms with van der Waals surface area (Å²) in [6, 6.07) is 7.82. The quantitative estimate of drug-likeness (QED) is 0.427. The number of nitrogens with zero attached hydrogens (tertiary/aromatic N) is 1. The van der Waals surface area contributed by atoms with Crippen molar-refractivity contribution in [2.75, 3.05) is 26.3 Å². The lowest BCUT2D eigenvalue weighted by atomic mass is 9.80. The number of Topliss-reactive ketones (excluding diaryl/α,β-unsaturated/α-hetero) is 1. The van der Waals surface area contributed by atoms with Crippen molar-refractivity contribution in [1.82, 2.24) is 20.9 Å². The summed E-state index contributed by atoms with van der Waals surface area (Å²) in [4.78, 5) is 54.3. The predicted octanol–water partition coefficient (Wildman–Crippen LogP) is 2.85. The molecule has 0 radical (unpaired) electrons. The molecule has 1 aromatic rings. The lowest BCUT2D eigenvalue weighted by molar-refractivity contribution is -0.141. The largest absolute Gasteiger partial charge is 0.378 e. The molecule has 3 N–H and O–H groups in total. The van der Waals surface area contributed by atoms with Gasteiger partial charge in [-0.05, 0) is 31.7 Å². The van der Waals surface area contributed by atoms with Crippen molar-refractivity contribution in [3.63, 3.8) is 0 Å². The molecule has 0 aromatic heterocycles. The number of hydrogen-bond donors (Lipinski definition) is 3. The Balaban J connectivity index is 1.70. The first-order valence-corrected chi connectivity index (χ1v) is 13.2. The normalized spacial score (nSPS) is 19.0. The maximum atomic E-state index is 13.6. The Bertz CT molecular complexity index is 895. The van der Waals surface area contributed by atoms with Crippen molar-refractivity contribution in [3.05, 3.63) is 35.9 Å². The van der Waals surface area contributed by atoms with Crippen molar-refractivity contribution in [1.29, 1.82) is 0 Å². The molecule has 1 heterocycles. The number of urea groups is 1. The Morgan fingerprint density at radius 1 is 1.00 bits per heavy atom. The van der Waals surface area contributed by atoms with E-state index in [-0.39, 0.29) is 18.0 Å². The SMILES string of the molecule is CCCC[C@H](NC(=O)C1(NC(=O)N2CCOCC2)CCCCC1)C(=O)C(=O)N[C@H](C)c1ccccc1. The Kier molecular flexibility index (Phi) is 10.3. The second-order valence-corrected chi connectivity index (χ2v) is 9.81. The van der Waals surface area contributed by atoms with Crippen molar-refractivity contribution < 1.29 is 23.9 Å². The third-order valence-corrected chi connectivity index (χ3v) is 7.13. The molecule has 36 heavy (non-hydrogen) atoms. The Morgan fingerprint density at radius 2 is 1.67 bits per heavy atom. The van der Waals surface area contributed by atoms with E-state index >= 15 is 0 Å². The van der Waals surface area contributed by atoms with Crippen LogP contribution in [0, 0.1) is 0 Å². The number of hydrogen-bond acceptors (Lipinski definition) is 5. The van der Waals surface area contributed by atoms with Gasteiger partial charge in [0.05, 0.1) is 25.3 Å². The summed E-state index contributed by atoms with van der Waals surface area (Å²) in [5.74, 6) is -1.77. The van der Waals surface area contributed by atoms with Crippen molar-refractivity contribution in [2.45, 2.75) is 82.8 Å². The van der Waals surface area contributed by atoms with Gasteiger partial charge >= 0.3 is 6.03 Å². The number of ether oxygens (including phenoxy) is 1. The Hall–Kier alpha value is -2.94. The average molecular weight is 501 g/mol. The molecular weight excluding hydrogens is 460 g/mol. The van der Waals surface area contributed by atoms with E-state index in [1.54, 1.807) is 4.90 Å². The number of nitrogens with one attached hydrogen (secondary N) is 3. The van der Waals surface area contributed by atoms with Crippen LogP contribution in [-0.4, -0.2) is 66.4 Å². The van der Waals surface area contributed by atoms with E-state index in [0.717, 1.165) is 31.2 Å². The smallest absolute Gasteiger partial charge is 0.318 e. The number of benzene rings is 1. The molecule has 1 aliphatic heterocycles. The van der Waals surface area contributed by atoms with Crippen LogP contribution in [0.4, 0.5) is 4.79 Å². The Morgan fingerprint density at radius 3 is 2.31 bits per heavy atom. The first kappa shape index (κ1) is 27.6. The maximum absolute atomic E-state index is 13.6. The number of rotatable bonds is 10. The zero-order valence-corrected chi connectivity index (χ0v) is 21.5. The van der Waals surface area contributed by atoms with E-state index in [4.69, 9.17) is 4.74 Å². The minimum absolute atomic E-state index is 0.291. The van der Waals surface area contributed by atoms with Crippen LogP contribution >= 0.6 is 0 Å². The molecule has 0 spiro atoms. The van der Waals surface area contributed by atoms with Gasteiger partial charge in [-0.2, -0.15) is 0 Å². The summed E-state index contributed by atoms with van der Waals surface area (Å²) in [5.41, 5.74) is -0.202. The fourth-order valence-electron chi connectivity index (χ4n) is 4.84.